The van der Waals surface area contributed by atoms with Crippen LogP contribution in [0.3, 0.4) is 0 Å². The van der Waals surface area contributed by atoms with Crippen molar-refractivity contribution in [3.8, 4) is 0 Å². The molecule has 0 saturated carbocycles. The van der Waals surface area contributed by atoms with Gasteiger partial charge in [-0.15, -0.1) is 0 Å². The highest BCUT2D eigenvalue weighted by atomic mass is 79.9. The Morgan fingerprint density at radius 1 is 1.08 bits per heavy atom. The Morgan fingerprint density at radius 3 is 2.48 bits per heavy atom. The topological polar surface area (TPSA) is 58.6 Å². The van der Waals surface area contributed by atoms with E-state index in [1.54, 1.807) is 18.2 Å². The highest BCUT2D eigenvalue weighted by Gasteiger charge is 2.23. The summed E-state index contributed by atoms with van der Waals surface area (Å²) in [5, 5.41) is 0. The molecule has 0 unspecified atom stereocenters. The second-order valence-corrected chi connectivity index (χ2v) is 8.01. The lowest BCUT2D eigenvalue weighted by molar-refractivity contribution is 0.123. The van der Waals surface area contributed by atoms with Gasteiger partial charge in [0.15, 0.2) is 0 Å². The lowest BCUT2D eigenvalue weighted by Crippen LogP contribution is -2.36. The molecule has 9 heteroatoms. The first-order chi connectivity index (χ1) is 11.9. The van der Waals surface area contributed by atoms with Crippen LogP contribution in [-0.4, -0.2) is 34.7 Å². The van der Waals surface area contributed by atoms with Crippen molar-refractivity contribution < 1.29 is 21.9 Å². The lowest BCUT2D eigenvalue weighted by Gasteiger charge is -2.30. The van der Waals surface area contributed by atoms with E-state index in [1.807, 2.05) is 4.90 Å². The van der Waals surface area contributed by atoms with E-state index in [9.17, 15) is 17.2 Å². The molecule has 0 spiro atoms. The molecule has 1 heterocycles. The first-order valence-corrected chi connectivity index (χ1v) is 9.74. The molecule has 2 aromatic carbocycles. The van der Waals surface area contributed by atoms with E-state index in [1.165, 1.54) is 0 Å². The van der Waals surface area contributed by atoms with Gasteiger partial charge in [-0.3, -0.25) is 4.72 Å². The fourth-order valence-corrected chi connectivity index (χ4v) is 4.05. The molecule has 0 bridgehead atoms. The van der Waals surface area contributed by atoms with Crippen molar-refractivity contribution in [3.63, 3.8) is 0 Å². The van der Waals surface area contributed by atoms with Gasteiger partial charge in [0.05, 0.1) is 24.6 Å². The van der Waals surface area contributed by atoms with Crippen LogP contribution in [0.2, 0.25) is 0 Å². The lowest BCUT2D eigenvalue weighted by atomic mass is 10.2. The monoisotopic (exact) mass is 432 g/mol. The molecule has 1 saturated heterocycles. The maximum absolute atomic E-state index is 13.9. The van der Waals surface area contributed by atoms with Crippen LogP contribution in [0, 0.1) is 11.6 Å². The van der Waals surface area contributed by atoms with Crippen molar-refractivity contribution in [2.45, 2.75) is 4.90 Å². The number of morpholine rings is 1. The standard InChI is InChI=1S/C16H15BrF2N2O3S/c17-11-1-3-15(21-5-7-24-8-6-21)14(9-11)20-25(22,23)16-4-2-12(18)10-13(16)19/h1-4,9-10,20H,5-8H2. The molecule has 5 nitrogen and oxygen atoms in total. The number of halogens is 3. The molecule has 1 aliphatic rings. The van der Waals surface area contributed by atoms with Crippen molar-refractivity contribution in [3.05, 3.63) is 52.5 Å². The van der Waals surface area contributed by atoms with Gasteiger partial charge in [0, 0.05) is 23.6 Å². The summed E-state index contributed by atoms with van der Waals surface area (Å²) in [6.45, 7) is 2.30. The SMILES string of the molecule is O=S(=O)(Nc1cc(Br)ccc1N1CCOCC1)c1ccc(F)cc1F. The van der Waals surface area contributed by atoms with Gasteiger partial charge < -0.3 is 9.64 Å². The van der Waals surface area contributed by atoms with E-state index >= 15 is 0 Å². The molecule has 1 N–H and O–H groups in total. The van der Waals surface area contributed by atoms with Crippen LogP contribution in [0.5, 0.6) is 0 Å². The third kappa shape index (κ3) is 4.10. The normalized spacial score (nSPS) is 15.2. The minimum Gasteiger partial charge on any atom is -0.378 e. The summed E-state index contributed by atoms with van der Waals surface area (Å²) in [7, 11) is -4.21. The summed E-state index contributed by atoms with van der Waals surface area (Å²) in [5.74, 6) is -1.98. The second-order valence-electron chi connectivity index (χ2n) is 5.44. The maximum Gasteiger partial charge on any atom is 0.264 e. The van der Waals surface area contributed by atoms with Crippen LogP contribution in [0.15, 0.2) is 45.8 Å². The molecular formula is C16H15BrF2N2O3S. The number of nitrogens with one attached hydrogen (secondary N) is 1. The number of anilines is 2. The second kappa shape index (κ2) is 7.27. The van der Waals surface area contributed by atoms with E-state index in [2.05, 4.69) is 20.7 Å². The van der Waals surface area contributed by atoms with Gasteiger partial charge in [-0.05, 0) is 30.3 Å². The summed E-state index contributed by atoms with van der Waals surface area (Å²) in [6.07, 6.45) is 0. The third-order valence-electron chi connectivity index (χ3n) is 3.74. The summed E-state index contributed by atoms with van der Waals surface area (Å²) >= 11 is 3.31. The van der Waals surface area contributed by atoms with Crippen LogP contribution in [0.25, 0.3) is 0 Å². The predicted molar refractivity (Wildman–Crippen MR) is 94.3 cm³/mol. The Bertz CT molecular complexity index is 887. The van der Waals surface area contributed by atoms with E-state index < -0.39 is 26.6 Å². The van der Waals surface area contributed by atoms with Crippen molar-refractivity contribution in [2.24, 2.45) is 0 Å². The molecule has 134 valence electrons. The number of ether oxygens (including phenoxy) is 1. The van der Waals surface area contributed by atoms with Crippen LogP contribution in [0.4, 0.5) is 20.2 Å². The molecule has 0 radical (unpaired) electrons. The molecule has 2 aromatic rings. The van der Waals surface area contributed by atoms with Crippen LogP contribution >= 0.6 is 15.9 Å². The maximum atomic E-state index is 13.9. The molecule has 1 aliphatic heterocycles. The zero-order valence-electron chi connectivity index (χ0n) is 13.0. The van der Waals surface area contributed by atoms with E-state index in [4.69, 9.17) is 4.74 Å². The molecule has 3 rings (SSSR count). The van der Waals surface area contributed by atoms with Gasteiger partial charge in [-0.2, -0.15) is 0 Å². The van der Waals surface area contributed by atoms with Gasteiger partial charge in [-0.25, -0.2) is 17.2 Å². The molecule has 0 aromatic heterocycles. The smallest absolute Gasteiger partial charge is 0.264 e. The Hall–Kier alpha value is -1.71. The highest BCUT2D eigenvalue weighted by molar-refractivity contribution is 9.10. The number of benzene rings is 2. The first-order valence-electron chi connectivity index (χ1n) is 7.47. The average Bonchev–Trinajstić information content (AvgIpc) is 2.55. The zero-order valence-corrected chi connectivity index (χ0v) is 15.4. The number of hydrogen-bond donors (Lipinski definition) is 1. The zero-order chi connectivity index (χ0) is 18.0. The van der Waals surface area contributed by atoms with Gasteiger partial charge >= 0.3 is 0 Å². The molecule has 0 amide bonds. The fourth-order valence-electron chi connectivity index (χ4n) is 2.56. The highest BCUT2D eigenvalue weighted by Crippen LogP contribution is 2.32. The number of hydrogen-bond acceptors (Lipinski definition) is 4. The van der Waals surface area contributed by atoms with Crippen molar-refractivity contribution in [1.82, 2.24) is 0 Å². The number of rotatable bonds is 4. The molecule has 0 aliphatic carbocycles. The number of sulfonamides is 1. The van der Waals surface area contributed by atoms with E-state index in [-0.39, 0.29) is 0 Å². The Labute approximate surface area is 152 Å². The van der Waals surface area contributed by atoms with Crippen molar-refractivity contribution in [2.75, 3.05) is 35.9 Å². The molecule has 25 heavy (non-hydrogen) atoms. The van der Waals surface area contributed by atoms with Gasteiger partial charge in [0.25, 0.3) is 10.0 Å². The molecule has 0 atom stereocenters. The summed E-state index contributed by atoms with van der Waals surface area (Å²) in [4.78, 5) is 1.37. The quantitative estimate of drug-likeness (QED) is 0.804. The van der Waals surface area contributed by atoms with Gasteiger partial charge in [0.2, 0.25) is 0 Å². The Balaban J connectivity index is 1.97. The average molecular weight is 433 g/mol. The van der Waals surface area contributed by atoms with Crippen LogP contribution in [0.1, 0.15) is 0 Å². The Kier molecular flexibility index (Phi) is 5.26. The first kappa shape index (κ1) is 18.1. The summed E-state index contributed by atoms with van der Waals surface area (Å²) < 4.78 is 60.4. The number of nitrogens with zero attached hydrogens (tertiary/aromatic N) is 1. The molecule has 1 fully saturated rings. The summed E-state index contributed by atoms with van der Waals surface area (Å²) in [6, 6.07) is 7.51. The van der Waals surface area contributed by atoms with Crippen LogP contribution < -0.4 is 9.62 Å². The van der Waals surface area contributed by atoms with Gasteiger partial charge in [0.1, 0.15) is 16.5 Å². The van der Waals surface area contributed by atoms with E-state index in [0.29, 0.717) is 48.2 Å². The van der Waals surface area contributed by atoms with E-state index in [0.717, 1.165) is 12.1 Å². The fraction of sp³-hybridized carbons (Fsp3) is 0.250. The minimum atomic E-state index is -4.21. The summed E-state index contributed by atoms with van der Waals surface area (Å²) in [5.41, 5.74) is 0.970. The largest absolute Gasteiger partial charge is 0.378 e. The van der Waals surface area contributed by atoms with Gasteiger partial charge in [-0.1, -0.05) is 15.9 Å². The van der Waals surface area contributed by atoms with Crippen LogP contribution in [-0.2, 0) is 14.8 Å². The Morgan fingerprint density at radius 2 is 1.80 bits per heavy atom. The van der Waals surface area contributed by atoms with Crippen molar-refractivity contribution in [1.29, 1.82) is 0 Å². The predicted octanol–water partition coefficient (Wildman–Crippen LogP) is 3.36. The molecular weight excluding hydrogens is 418 g/mol. The van der Waals surface area contributed by atoms with Crippen molar-refractivity contribution >= 4 is 37.3 Å². The minimum absolute atomic E-state index is 0.306. The third-order valence-corrected chi connectivity index (χ3v) is 5.63.